The SMILES string of the molecule is Cc1ccc(-c2ccc(C)cc2N2c3ccc(C(C)C)cc3B3c4sc5cc6c(cc5c4N(c4ccc(C(C)C)cc4)c4cccc2c43)C(C)(C)CCC6(C)C)cc1. The summed E-state index contributed by atoms with van der Waals surface area (Å²) in [5, 5.41) is 1.39. The zero-order valence-electron chi connectivity index (χ0n) is 35.9. The van der Waals surface area contributed by atoms with Crippen LogP contribution < -0.4 is 25.5 Å². The maximum atomic E-state index is 2.63. The molecule has 0 atom stereocenters. The molecule has 0 saturated carbocycles. The lowest BCUT2D eigenvalue weighted by atomic mass is 9.36. The zero-order valence-corrected chi connectivity index (χ0v) is 36.7. The average molecular weight is 775 g/mol. The maximum Gasteiger partial charge on any atom is 0.264 e. The molecule has 0 fully saturated rings. The van der Waals surface area contributed by atoms with E-state index in [1.807, 2.05) is 11.3 Å². The largest absolute Gasteiger partial charge is 0.311 e. The van der Waals surface area contributed by atoms with E-state index in [1.165, 1.54) is 117 Å². The predicted molar refractivity (Wildman–Crippen MR) is 254 cm³/mol. The van der Waals surface area contributed by atoms with Crippen LogP contribution in [0.5, 0.6) is 0 Å². The van der Waals surface area contributed by atoms with E-state index in [9.17, 15) is 0 Å². The van der Waals surface area contributed by atoms with Crippen molar-refractivity contribution in [3.63, 3.8) is 0 Å². The second kappa shape index (κ2) is 13.2. The molecule has 0 amide bonds. The van der Waals surface area contributed by atoms with Gasteiger partial charge in [0.05, 0.1) is 11.4 Å². The van der Waals surface area contributed by atoms with Gasteiger partial charge in [-0.15, -0.1) is 11.3 Å². The summed E-state index contributed by atoms with van der Waals surface area (Å²) >= 11 is 2.04. The van der Waals surface area contributed by atoms with Gasteiger partial charge >= 0.3 is 0 Å². The van der Waals surface area contributed by atoms with E-state index in [0.717, 1.165) is 0 Å². The van der Waals surface area contributed by atoms with E-state index in [-0.39, 0.29) is 17.5 Å². The highest BCUT2D eigenvalue weighted by molar-refractivity contribution is 7.33. The number of rotatable bonds is 5. The molecule has 3 aliphatic rings. The van der Waals surface area contributed by atoms with Crippen LogP contribution in [0.1, 0.15) is 113 Å². The van der Waals surface area contributed by atoms with Gasteiger partial charge in [-0.1, -0.05) is 128 Å². The minimum Gasteiger partial charge on any atom is -0.311 e. The van der Waals surface area contributed by atoms with Crippen molar-refractivity contribution in [1.29, 1.82) is 0 Å². The fourth-order valence-electron chi connectivity index (χ4n) is 10.2. The topological polar surface area (TPSA) is 6.48 Å². The normalized spacial score (nSPS) is 16.1. The van der Waals surface area contributed by atoms with Gasteiger partial charge in [0, 0.05) is 43.2 Å². The molecular formula is C54H55BN2S. The summed E-state index contributed by atoms with van der Waals surface area (Å²) in [5.41, 5.74) is 21.5. The molecule has 0 bridgehead atoms. The monoisotopic (exact) mass is 774 g/mol. The molecule has 58 heavy (non-hydrogen) atoms. The van der Waals surface area contributed by atoms with Gasteiger partial charge in [-0.2, -0.15) is 0 Å². The lowest BCUT2D eigenvalue weighted by Crippen LogP contribution is -2.60. The first-order chi connectivity index (χ1) is 27.7. The Bertz CT molecular complexity index is 2770. The Balaban J connectivity index is 1.31. The predicted octanol–water partition coefficient (Wildman–Crippen LogP) is 13.9. The Hall–Kier alpha value is -5.06. The number of nitrogens with zero attached hydrogens (tertiary/aromatic N) is 2. The molecule has 1 aromatic heterocycles. The lowest BCUT2D eigenvalue weighted by Gasteiger charge is -2.44. The van der Waals surface area contributed by atoms with Crippen molar-refractivity contribution in [1.82, 2.24) is 0 Å². The minimum absolute atomic E-state index is 0.0976. The number of aryl methyl sites for hydroxylation is 2. The average Bonchev–Trinajstić information content (AvgIpc) is 3.57. The number of anilines is 6. The van der Waals surface area contributed by atoms with Crippen LogP contribution in [0.25, 0.3) is 21.2 Å². The quantitative estimate of drug-likeness (QED) is 0.161. The van der Waals surface area contributed by atoms with E-state index in [2.05, 4.69) is 194 Å². The van der Waals surface area contributed by atoms with Gasteiger partial charge in [0.1, 0.15) is 0 Å². The van der Waals surface area contributed by atoms with Crippen LogP contribution in [0.2, 0.25) is 0 Å². The second-order valence-corrected chi connectivity index (χ2v) is 20.5. The van der Waals surface area contributed by atoms with E-state index < -0.39 is 0 Å². The summed E-state index contributed by atoms with van der Waals surface area (Å²) in [6, 6.07) is 45.1. The Morgan fingerprint density at radius 2 is 1.21 bits per heavy atom. The lowest BCUT2D eigenvalue weighted by molar-refractivity contribution is 0.332. The van der Waals surface area contributed by atoms with Crippen LogP contribution in [0.15, 0.2) is 115 Å². The summed E-state index contributed by atoms with van der Waals surface area (Å²) in [6.07, 6.45) is 2.41. The highest BCUT2D eigenvalue weighted by Gasteiger charge is 2.46. The van der Waals surface area contributed by atoms with Crippen LogP contribution in [-0.2, 0) is 10.8 Å². The number of benzene rings is 6. The molecule has 290 valence electrons. The third-order valence-corrected chi connectivity index (χ3v) is 15.0. The summed E-state index contributed by atoms with van der Waals surface area (Å²) in [7, 11) is 0. The van der Waals surface area contributed by atoms with Crippen molar-refractivity contribution in [2.75, 3.05) is 9.80 Å². The van der Waals surface area contributed by atoms with Gasteiger partial charge in [-0.3, -0.25) is 0 Å². The van der Waals surface area contributed by atoms with Crippen molar-refractivity contribution >= 4 is 78.0 Å². The van der Waals surface area contributed by atoms with E-state index in [1.54, 1.807) is 0 Å². The summed E-state index contributed by atoms with van der Waals surface area (Å²) in [6.45, 7) is 23.6. The fraction of sp³-hybridized carbons (Fsp3) is 0.296. The zero-order chi connectivity index (χ0) is 40.4. The fourth-order valence-corrected chi connectivity index (χ4v) is 11.5. The maximum absolute atomic E-state index is 2.63. The Labute approximate surface area is 350 Å². The molecule has 7 aromatic rings. The van der Waals surface area contributed by atoms with Crippen LogP contribution in [0.4, 0.5) is 34.1 Å². The molecule has 0 saturated heterocycles. The van der Waals surface area contributed by atoms with E-state index in [4.69, 9.17) is 0 Å². The first kappa shape index (κ1) is 37.2. The molecule has 0 unspecified atom stereocenters. The van der Waals surface area contributed by atoms with Gasteiger partial charge in [0.25, 0.3) is 6.71 Å². The van der Waals surface area contributed by atoms with Crippen LogP contribution in [0.3, 0.4) is 0 Å². The third kappa shape index (κ3) is 5.65. The van der Waals surface area contributed by atoms with Crippen molar-refractivity contribution in [2.45, 2.75) is 105 Å². The molecule has 1 aliphatic carbocycles. The van der Waals surface area contributed by atoms with Crippen LogP contribution in [0, 0.1) is 13.8 Å². The van der Waals surface area contributed by atoms with Crippen molar-refractivity contribution in [2.24, 2.45) is 0 Å². The highest BCUT2D eigenvalue weighted by Crippen LogP contribution is 2.53. The Morgan fingerprint density at radius 1 is 0.586 bits per heavy atom. The summed E-state index contributed by atoms with van der Waals surface area (Å²) in [4.78, 5) is 5.23. The summed E-state index contributed by atoms with van der Waals surface area (Å²) < 4.78 is 2.85. The molecule has 4 heteroatoms. The minimum atomic E-state index is 0.0976. The van der Waals surface area contributed by atoms with Crippen molar-refractivity contribution in [3.05, 3.63) is 149 Å². The smallest absolute Gasteiger partial charge is 0.264 e. The molecule has 2 aliphatic heterocycles. The van der Waals surface area contributed by atoms with Crippen LogP contribution >= 0.6 is 11.3 Å². The van der Waals surface area contributed by atoms with Gasteiger partial charge < -0.3 is 9.80 Å². The number of hydrogen-bond acceptors (Lipinski definition) is 3. The number of fused-ring (bicyclic) bond motifs is 7. The first-order valence-corrected chi connectivity index (χ1v) is 22.3. The third-order valence-electron chi connectivity index (χ3n) is 13.8. The molecule has 2 nitrogen and oxygen atoms in total. The molecule has 0 spiro atoms. The Kier molecular flexibility index (Phi) is 8.49. The van der Waals surface area contributed by atoms with Gasteiger partial charge in [-0.25, -0.2) is 0 Å². The molecule has 0 N–H and O–H groups in total. The first-order valence-electron chi connectivity index (χ1n) is 21.5. The van der Waals surface area contributed by atoms with Crippen LogP contribution in [-0.4, -0.2) is 6.71 Å². The number of hydrogen-bond donors (Lipinski definition) is 0. The van der Waals surface area contributed by atoms with Gasteiger partial charge in [0.15, 0.2) is 0 Å². The standard InChI is InChI=1S/C54H55BN2S/c1-32(2)36-19-22-39(23-20-36)56-46-12-11-13-47-50(46)55(52-51(56)41-30-42-43(31-49(41)58-52)54(9,10)27-26-53(42,7)8)44-29-38(33(3)4)21-25-45(44)57(47)48-28-35(6)16-24-40(48)37-17-14-34(5)15-18-37/h11-25,28-33H,26-27H2,1-10H3. The number of thiophene rings is 1. The molecule has 0 radical (unpaired) electrons. The molecule has 6 aromatic carbocycles. The Morgan fingerprint density at radius 3 is 1.88 bits per heavy atom. The molecule has 3 heterocycles. The summed E-state index contributed by atoms with van der Waals surface area (Å²) in [5.74, 6) is 0.881. The van der Waals surface area contributed by atoms with E-state index >= 15 is 0 Å². The van der Waals surface area contributed by atoms with Crippen molar-refractivity contribution in [3.8, 4) is 11.1 Å². The molecule has 10 rings (SSSR count). The van der Waals surface area contributed by atoms with E-state index in [0.29, 0.717) is 11.8 Å². The van der Waals surface area contributed by atoms with Gasteiger partial charge in [0.2, 0.25) is 0 Å². The molecular weight excluding hydrogens is 719 g/mol. The van der Waals surface area contributed by atoms with Crippen molar-refractivity contribution < 1.29 is 0 Å². The second-order valence-electron chi connectivity index (χ2n) is 19.4. The highest BCUT2D eigenvalue weighted by atomic mass is 32.1. The van der Waals surface area contributed by atoms with Gasteiger partial charge in [-0.05, 0) is 142 Å².